The van der Waals surface area contributed by atoms with E-state index in [-0.39, 0.29) is 0 Å². The zero-order valence-corrected chi connectivity index (χ0v) is 13.7. The van der Waals surface area contributed by atoms with Crippen LogP contribution in [0.5, 0.6) is 0 Å². The maximum Gasteiger partial charge on any atom is -0.0471 e. The fourth-order valence-corrected chi connectivity index (χ4v) is 0.667. The lowest BCUT2D eigenvalue weighted by Gasteiger charge is -2.05. The van der Waals surface area contributed by atoms with Gasteiger partial charge < -0.3 is 0 Å². The minimum atomic E-state index is 0.833. The van der Waals surface area contributed by atoms with Crippen molar-refractivity contribution >= 4 is 0 Å². The minimum absolute atomic E-state index is 0.833. The molecule has 0 aromatic rings. The molecule has 0 aliphatic heterocycles. The Labute approximate surface area is 106 Å². The molecular weight excluding hydrogens is 192 g/mol. The third kappa shape index (κ3) is 94.6. The molecule has 0 nitrogen and oxygen atoms in total. The average Bonchev–Trinajstić information content (AvgIpc) is 1.98. The Morgan fingerprint density at radius 3 is 0.625 bits per heavy atom. The quantitative estimate of drug-likeness (QED) is 0.526. The van der Waals surface area contributed by atoms with Gasteiger partial charge in [0.05, 0.1) is 0 Å². The van der Waals surface area contributed by atoms with Crippen LogP contribution in [0, 0.1) is 23.7 Å². The second-order valence-electron chi connectivity index (χ2n) is 6.83. The van der Waals surface area contributed by atoms with Gasteiger partial charge in [-0.2, -0.15) is 0 Å². The molecule has 16 heavy (non-hydrogen) atoms. The van der Waals surface area contributed by atoms with Gasteiger partial charge >= 0.3 is 0 Å². The summed E-state index contributed by atoms with van der Waals surface area (Å²) in [7, 11) is 0. The molecule has 0 saturated heterocycles. The van der Waals surface area contributed by atoms with Crippen molar-refractivity contribution in [3.63, 3.8) is 0 Å². The van der Waals surface area contributed by atoms with Crippen molar-refractivity contribution < 1.29 is 0 Å². The Balaban J connectivity index is -0.000000179. The van der Waals surface area contributed by atoms with Crippen LogP contribution in [0.4, 0.5) is 0 Å². The Kier molecular flexibility index (Phi) is 20.0. The van der Waals surface area contributed by atoms with Crippen molar-refractivity contribution in [2.45, 2.75) is 82.1 Å². The van der Waals surface area contributed by atoms with Crippen molar-refractivity contribution in [3.05, 3.63) is 0 Å². The van der Waals surface area contributed by atoms with E-state index in [1.54, 1.807) is 0 Å². The molecule has 0 heterocycles. The Morgan fingerprint density at radius 1 is 0.438 bits per heavy atom. The molecule has 0 atom stereocenters. The molecule has 0 aromatic carbocycles. The minimum Gasteiger partial charge on any atom is -0.0630 e. The zero-order chi connectivity index (χ0) is 13.7. The van der Waals surface area contributed by atoms with E-state index in [0.717, 1.165) is 23.7 Å². The van der Waals surface area contributed by atoms with Crippen LogP contribution in [0.3, 0.4) is 0 Å². The Bertz CT molecular complexity index is 79.1. The first-order chi connectivity index (χ1) is 7.09. The van der Waals surface area contributed by atoms with Crippen LogP contribution in [-0.4, -0.2) is 0 Å². The Morgan fingerprint density at radius 2 is 0.562 bits per heavy atom. The summed E-state index contributed by atoms with van der Waals surface area (Å²) in [6.07, 6.45) is 2.77. The molecule has 0 spiro atoms. The molecule has 0 aliphatic carbocycles. The molecule has 0 radical (unpaired) electrons. The van der Waals surface area contributed by atoms with Crippen molar-refractivity contribution in [1.29, 1.82) is 0 Å². The van der Waals surface area contributed by atoms with E-state index in [0.29, 0.717) is 0 Å². The number of hydrogen-bond acceptors (Lipinski definition) is 0. The van der Waals surface area contributed by atoms with Crippen LogP contribution in [0.25, 0.3) is 0 Å². The molecule has 0 bridgehead atoms. The van der Waals surface area contributed by atoms with Gasteiger partial charge in [-0.25, -0.2) is 0 Å². The van der Waals surface area contributed by atoms with Crippen LogP contribution in [-0.2, 0) is 0 Å². The predicted molar refractivity (Wildman–Crippen MR) is 79.9 cm³/mol. The van der Waals surface area contributed by atoms with E-state index in [2.05, 4.69) is 69.2 Å². The van der Waals surface area contributed by atoms with E-state index in [4.69, 9.17) is 0 Å². The first-order valence-corrected chi connectivity index (χ1v) is 7.09. The molecular formula is C16H38. The van der Waals surface area contributed by atoms with Crippen LogP contribution in [0.2, 0.25) is 0 Å². The highest BCUT2D eigenvalue weighted by molar-refractivity contribution is 4.48. The summed E-state index contributed by atoms with van der Waals surface area (Å²) in [4.78, 5) is 0. The third-order valence-corrected chi connectivity index (χ3v) is 1.32. The third-order valence-electron chi connectivity index (χ3n) is 1.32. The van der Waals surface area contributed by atoms with Crippen LogP contribution >= 0.6 is 0 Å². The monoisotopic (exact) mass is 230 g/mol. The lowest BCUT2D eigenvalue weighted by Crippen LogP contribution is -1.91. The predicted octanol–water partition coefficient (Wildman–Crippen LogP) is 6.40. The highest BCUT2D eigenvalue weighted by atomic mass is 14.0. The van der Waals surface area contributed by atoms with E-state index in [1.165, 1.54) is 12.8 Å². The van der Waals surface area contributed by atoms with E-state index in [9.17, 15) is 0 Å². The molecule has 0 saturated carbocycles. The number of hydrogen-bond donors (Lipinski definition) is 0. The van der Waals surface area contributed by atoms with Gasteiger partial charge in [-0.05, 0) is 23.7 Å². The van der Waals surface area contributed by atoms with Gasteiger partial charge in [0.25, 0.3) is 0 Å². The van der Waals surface area contributed by atoms with E-state index in [1.807, 2.05) is 0 Å². The summed E-state index contributed by atoms with van der Waals surface area (Å²) < 4.78 is 0. The molecule has 0 aromatic heterocycles. The first kappa shape index (κ1) is 21.3. The highest BCUT2D eigenvalue weighted by Crippen LogP contribution is 2.09. The van der Waals surface area contributed by atoms with Gasteiger partial charge in [-0.15, -0.1) is 0 Å². The summed E-state index contributed by atoms with van der Waals surface area (Å²) in [6.45, 7) is 22.1. The topological polar surface area (TPSA) is 0 Å². The zero-order valence-electron chi connectivity index (χ0n) is 13.7. The van der Waals surface area contributed by atoms with Gasteiger partial charge in [-0.1, -0.05) is 82.1 Å². The smallest absolute Gasteiger partial charge is 0.0471 e. The Hall–Kier alpha value is 0. The summed E-state index contributed by atoms with van der Waals surface area (Å²) in [6, 6.07) is 0. The van der Waals surface area contributed by atoms with Crippen molar-refractivity contribution in [1.82, 2.24) is 0 Å². The fourth-order valence-electron chi connectivity index (χ4n) is 0.667. The summed E-state index contributed by atoms with van der Waals surface area (Å²) in [5, 5.41) is 0. The van der Waals surface area contributed by atoms with Gasteiger partial charge in [0, 0.05) is 0 Å². The normalized spacial score (nSPS) is 10.1. The lowest BCUT2D eigenvalue weighted by molar-refractivity contribution is 0.476. The second-order valence-corrected chi connectivity index (χ2v) is 6.83. The molecule has 0 aliphatic rings. The van der Waals surface area contributed by atoms with Gasteiger partial charge in [0.2, 0.25) is 0 Å². The average molecular weight is 230 g/mol. The molecule has 0 heteroatoms. The number of rotatable bonds is 3. The second kappa shape index (κ2) is 15.0. The molecule has 102 valence electrons. The van der Waals surface area contributed by atoms with Crippen molar-refractivity contribution in [2.24, 2.45) is 23.7 Å². The van der Waals surface area contributed by atoms with Crippen LogP contribution in [0.15, 0.2) is 0 Å². The van der Waals surface area contributed by atoms with E-state index < -0.39 is 0 Å². The fraction of sp³-hybridized carbons (Fsp3) is 1.00. The van der Waals surface area contributed by atoms with E-state index >= 15 is 0 Å². The molecule has 0 fully saturated rings. The van der Waals surface area contributed by atoms with Gasteiger partial charge in [-0.3, -0.25) is 0 Å². The summed E-state index contributed by atoms with van der Waals surface area (Å²) in [5.41, 5.74) is 0. The maximum atomic E-state index is 2.28. The standard InChI is InChI=1S/C8H18.2C4H10/c1-7(2)5-6-8(3)4;2*1-4(2)3/h7-8H,5-6H2,1-4H3;2*4H,1-3H3. The lowest BCUT2D eigenvalue weighted by atomic mass is 10.0. The molecule has 0 rings (SSSR count). The maximum absolute atomic E-state index is 2.28. The first-order valence-electron chi connectivity index (χ1n) is 7.09. The SMILES string of the molecule is CC(C)C.CC(C)C.CC(C)CCC(C)C. The van der Waals surface area contributed by atoms with Crippen LogP contribution in [0.1, 0.15) is 82.1 Å². The van der Waals surface area contributed by atoms with Gasteiger partial charge in [0.1, 0.15) is 0 Å². The van der Waals surface area contributed by atoms with Crippen LogP contribution < -0.4 is 0 Å². The van der Waals surface area contributed by atoms with Crippen molar-refractivity contribution in [3.8, 4) is 0 Å². The summed E-state index contributed by atoms with van der Waals surface area (Å²) >= 11 is 0. The summed E-state index contributed by atoms with van der Waals surface area (Å²) in [5.74, 6) is 3.44. The highest BCUT2D eigenvalue weighted by Gasteiger charge is 1.95. The largest absolute Gasteiger partial charge is 0.0630 e. The van der Waals surface area contributed by atoms with Crippen molar-refractivity contribution in [2.75, 3.05) is 0 Å². The molecule has 0 N–H and O–H groups in total. The molecule has 0 amide bonds. The van der Waals surface area contributed by atoms with Gasteiger partial charge in [0.15, 0.2) is 0 Å². The molecule has 0 unspecified atom stereocenters.